The largest absolute Gasteiger partial charge is 0.507 e. The number of carbonyl (C=O) groups excluding carboxylic acids is 1. The van der Waals surface area contributed by atoms with E-state index in [0.717, 1.165) is 12.8 Å². The second-order valence-corrected chi connectivity index (χ2v) is 5.95. The van der Waals surface area contributed by atoms with Crippen LogP contribution in [0.5, 0.6) is 11.5 Å². The Bertz CT molecular complexity index is 805. The van der Waals surface area contributed by atoms with Crippen LogP contribution < -0.4 is 5.63 Å². The Labute approximate surface area is 139 Å². The van der Waals surface area contributed by atoms with Gasteiger partial charge in [0.15, 0.2) is 0 Å². The summed E-state index contributed by atoms with van der Waals surface area (Å²) >= 11 is 0. The highest BCUT2D eigenvalue weighted by atomic mass is 16.5. The molecule has 2 N–H and O–H groups in total. The van der Waals surface area contributed by atoms with Gasteiger partial charge in [0.1, 0.15) is 22.6 Å². The number of phenolic OH excluding ortho intramolecular Hbond substituents is 1. The Morgan fingerprint density at radius 2 is 2.04 bits per heavy atom. The zero-order valence-corrected chi connectivity index (χ0v) is 14.1. The van der Waals surface area contributed by atoms with Crippen LogP contribution in [0, 0.1) is 5.92 Å². The molecule has 0 saturated heterocycles. The van der Waals surface area contributed by atoms with Crippen molar-refractivity contribution >= 4 is 16.9 Å². The molecule has 0 fully saturated rings. The molecule has 1 unspecified atom stereocenters. The number of fused-ring (bicyclic) bond motifs is 1. The molecule has 6 nitrogen and oxygen atoms in total. The first-order valence-corrected chi connectivity index (χ1v) is 7.99. The number of benzene rings is 1. The quantitative estimate of drug-likeness (QED) is 0.621. The number of rotatable bonds is 6. The molecule has 24 heavy (non-hydrogen) atoms. The maximum absolute atomic E-state index is 12.1. The fourth-order valence-electron chi connectivity index (χ4n) is 2.66. The summed E-state index contributed by atoms with van der Waals surface area (Å²) in [5, 5.41) is 20.5. The molecule has 0 amide bonds. The highest BCUT2D eigenvalue weighted by Gasteiger charge is 2.23. The third-order valence-electron chi connectivity index (χ3n) is 4.33. The third-order valence-corrected chi connectivity index (χ3v) is 4.33. The minimum atomic E-state index is -0.812. The molecule has 1 atom stereocenters. The van der Waals surface area contributed by atoms with E-state index in [1.54, 1.807) is 0 Å². The fraction of sp³-hybridized carbons (Fsp3) is 0.444. The summed E-state index contributed by atoms with van der Waals surface area (Å²) < 4.78 is 9.86. The van der Waals surface area contributed by atoms with Crippen molar-refractivity contribution < 1.29 is 24.2 Å². The van der Waals surface area contributed by atoms with Crippen LogP contribution in [0.3, 0.4) is 0 Å². The van der Waals surface area contributed by atoms with Gasteiger partial charge in [0.05, 0.1) is 18.1 Å². The smallest absolute Gasteiger partial charge is 0.343 e. The zero-order chi connectivity index (χ0) is 17.9. The number of hydrogen-bond acceptors (Lipinski definition) is 6. The number of aromatic hydroxyl groups is 2. The maximum Gasteiger partial charge on any atom is 0.343 e. The van der Waals surface area contributed by atoms with Crippen LogP contribution in [0.2, 0.25) is 0 Å². The third kappa shape index (κ3) is 3.37. The van der Waals surface area contributed by atoms with E-state index in [4.69, 9.17) is 4.42 Å². The Hall–Kier alpha value is -2.50. The van der Waals surface area contributed by atoms with E-state index in [-0.39, 0.29) is 33.6 Å². The molecule has 0 spiro atoms. The van der Waals surface area contributed by atoms with Crippen molar-refractivity contribution in [1.82, 2.24) is 0 Å². The molecule has 0 bridgehead atoms. The van der Waals surface area contributed by atoms with Crippen molar-refractivity contribution in [2.24, 2.45) is 5.92 Å². The number of methoxy groups -OCH3 is 1. The molecule has 0 aliphatic heterocycles. The van der Waals surface area contributed by atoms with Crippen LogP contribution in [-0.2, 0) is 11.2 Å². The Balaban J connectivity index is 2.54. The van der Waals surface area contributed by atoms with Gasteiger partial charge in [-0.25, -0.2) is 9.59 Å². The summed E-state index contributed by atoms with van der Waals surface area (Å²) in [6.07, 6.45) is 3.01. The predicted molar refractivity (Wildman–Crippen MR) is 89.5 cm³/mol. The Kier molecular flexibility index (Phi) is 5.49. The van der Waals surface area contributed by atoms with E-state index in [9.17, 15) is 19.8 Å². The van der Waals surface area contributed by atoms with Crippen molar-refractivity contribution in [3.8, 4) is 11.5 Å². The molecule has 6 heteroatoms. The fourth-order valence-corrected chi connectivity index (χ4v) is 2.66. The van der Waals surface area contributed by atoms with Crippen LogP contribution in [-0.4, -0.2) is 23.3 Å². The van der Waals surface area contributed by atoms with E-state index in [1.807, 2.05) is 0 Å². The first kappa shape index (κ1) is 17.8. The van der Waals surface area contributed by atoms with Gasteiger partial charge in [-0.2, -0.15) is 0 Å². The van der Waals surface area contributed by atoms with Gasteiger partial charge in [0.25, 0.3) is 0 Å². The van der Waals surface area contributed by atoms with E-state index in [0.29, 0.717) is 18.8 Å². The minimum absolute atomic E-state index is 0.00000926. The lowest BCUT2D eigenvalue weighted by atomic mass is 9.98. The predicted octanol–water partition coefficient (Wildman–Crippen LogP) is 3.36. The molecule has 2 aromatic rings. The molecule has 130 valence electrons. The number of ether oxygens (including phenoxy) is 1. The number of carbonyl (C=O) groups is 1. The van der Waals surface area contributed by atoms with Crippen LogP contribution in [0.15, 0.2) is 21.3 Å². The molecule has 0 radical (unpaired) electrons. The zero-order valence-electron chi connectivity index (χ0n) is 14.1. The molecule has 1 aromatic carbocycles. The van der Waals surface area contributed by atoms with Crippen molar-refractivity contribution in [2.45, 2.75) is 39.5 Å². The summed E-state index contributed by atoms with van der Waals surface area (Å²) in [4.78, 5) is 24.1. The number of esters is 1. The standard InChI is InChI=1S/C18H22O6/c1-4-10(2)6-5-7-11-16(20)15-13(24-17(11)21)9-8-12(19)14(15)18(22)23-3/h8-10,19-20H,4-7H2,1-3H3. The monoisotopic (exact) mass is 334 g/mol. The van der Waals surface area contributed by atoms with Gasteiger partial charge in [-0.3, -0.25) is 0 Å². The second kappa shape index (κ2) is 7.38. The van der Waals surface area contributed by atoms with Crippen LogP contribution >= 0.6 is 0 Å². The summed E-state index contributed by atoms with van der Waals surface area (Å²) in [5.74, 6) is -0.965. The normalized spacial score (nSPS) is 12.3. The van der Waals surface area contributed by atoms with Crippen LogP contribution in [0.1, 0.15) is 49.0 Å². The SMILES string of the molecule is CCC(C)CCCc1c(O)c2c(C(=O)OC)c(O)ccc2oc1=O. The van der Waals surface area contributed by atoms with Crippen LogP contribution in [0.25, 0.3) is 11.0 Å². The molecule has 2 rings (SSSR count). The van der Waals surface area contributed by atoms with Gasteiger partial charge in [0, 0.05) is 0 Å². The molecule has 0 saturated carbocycles. The van der Waals surface area contributed by atoms with Gasteiger partial charge in [0.2, 0.25) is 0 Å². The summed E-state index contributed by atoms with van der Waals surface area (Å²) in [6.45, 7) is 4.22. The lowest BCUT2D eigenvalue weighted by Crippen LogP contribution is -2.11. The Morgan fingerprint density at radius 3 is 2.67 bits per heavy atom. The van der Waals surface area contributed by atoms with Gasteiger partial charge < -0.3 is 19.4 Å². The second-order valence-electron chi connectivity index (χ2n) is 5.95. The molecular weight excluding hydrogens is 312 g/mol. The highest BCUT2D eigenvalue weighted by molar-refractivity contribution is 6.08. The van der Waals surface area contributed by atoms with Gasteiger partial charge in [-0.05, 0) is 30.9 Å². The molecule has 0 aliphatic rings. The highest BCUT2D eigenvalue weighted by Crippen LogP contribution is 2.35. The van der Waals surface area contributed by atoms with E-state index in [2.05, 4.69) is 18.6 Å². The molecule has 1 heterocycles. The van der Waals surface area contributed by atoms with Crippen molar-refractivity contribution in [3.05, 3.63) is 33.7 Å². The first-order chi connectivity index (χ1) is 11.4. The summed E-state index contributed by atoms with van der Waals surface area (Å²) in [5.41, 5.74) is -0.701. The van der Waals surface area contributed by atoms with E-state index < -0.39 is 11.6 Å². The van der Waals surface area contributed by atoms with E-state index in [1.165, 1.54) is 19.2 Å². The Morgan fingerprint density at radius 1 is 1.33 bits per heavy atom. The summed E-state index contributed by atoms with van der Waals surface area (Å²) in [7, 11) is 1.17. The first-order valence-electron chi connectivity index (χ1n) is 7.99. The topological polar surface area (TPSA) is 97.0 Å². The average Bonchev–Trinajstić information content (AvgIpc) is 2.57. The summed E-state index contributed by atoms with van der Waals surface area (Å²) in [6, 6.07) is 2.56. The lowest BCUT2D eigenvalue weighted by Gasteiger charge is -2.11. The average molecular weight is 334 g/mol. The van der Waals surface area contributed by atoms with Gasteiger partial charge >= 0.3 is 11.6 Å². The number of phenols is 1. The lowest BCUT2D eigenvalue weighted by molar-refractivity contribution is 0.0599. The van der Waals surface area contributed by atoms with Crippen LogP contribution in [0.4, 0.5) is 0 Å². The molecular formula is C18H22O6. The van der Waals surface area contributed by atoms with Gasteiger partial charge in [-0.1, -0.05) is 26.7 Å². The van der Waals surface area contributed by atoms with E-state index >= 15 is 0 Å². The molecule has 1 aromatic heterocycles. The van der Waals surface area contributed by atoms with Crippen molar-refractivity contribution in [3.63, 3.8) is 0 Å². The van der Waals surface area contributed by atoms with Crippen molar-refractivity contribution in [2.75, 3.05) is 7.11 Å². The molecule has 0 aliphatic carbocycles. The van der Waals surface area contributed by atoms with Gasteiger partial charge in [-0.15, -0.1) is 0 Å². The minimum Gasteiger partial charge on any atom is -0.507 e. The maximum atomic E-state index is 12.1. The number of hydrogen-bond donors (Lipinski definition) is 2. The van der Waals surface area contributed by atoms with Crippen molar-refractivity contribution in [1.29, 1.82) is 0 Å².